The monoisotopic (exact) mass is 289 g/mol. The second kappa shape index (κ2) is 5.11. The van der Waals surface area contributed by atoms with Crippen molar-refractivity contribution in [1.82, 2.24) is 0 Å². The minimum absolute atomic E-state index is 0.0243. The van der Waals surface area contributed by atoms with Crippen LogP contribution in [0.2, 0.25) is 0 Å². The number of carbonyl (C=O) groups is 1. The third-order valence-corrected chi connectivity index (χ3v) is 5.04. The lowest BCUT2D eigenvalue weighted by Gasteiger charge is -2.30. The number of nitrogens with two attached hydrogens (primary N) is 1. The van der Waals surface area contributed by atoms with E-state index < -0.39 is 4.92 Å². The first-order chi connectivity index (χ1) is 9.99. The van der Waals surface area contributed by atoms with Gasteiger partial charge in [-0.1, -0.05) is 0 Å². The fourth-order valence-corrected chi connectivity index (χ4v) is 3.85. The van der Waals surface area contributed by atoms with Crippen LogP contribution < -0.4 is 10.6 Å². The Hall–Kier alpha value is -1.95. The summed E-state index contributed by atoms with van der Waals surface area (Å²) in [5, 5.41) is 10.7. The average Bonchev–Trinajstić information content (AvgIpc) is 3.07. The van der Waals surface area contributed by atoms with Gasteiger partial charge < -0.3 is 10.6 Å². The van der Waals surface area contributed by atoms with Gasteiger partial charge in [-0.05, 0) is 43.2 Å². The predicted molar refractivity (Wildman–Crippen MR) is 78.8 cm³/mol. The van der Waals surface area contributed by atoms with E-state index >= 15 is 0 Å². The molecule has 2 aliphatic rings. The Bertz CT molecular complexity index is 570. The average molecular weight is 289 g/mol. The molecule has 6 nitrogen and oxygen atoms in total. The molecule has 0 radical (unpaired) electrons. The maximum atomic E-state index is 12.7. The number of nitrogens with zero attached hydrogens (tertiary/aromatic N) is 2. The van der Waals surface area contributed by atoms with E-state index in [1.165, 1.54) is 12.1 Å². The topological polar surface area (TPSA) is 89.5 Å². The van der Waals surface area contributed by atoms with Crippen molar-refractivity contribution in [3.05, 3.63) is 34.4 Å². The third kappa shape index (κ3) is 2.29. The summed E-state index contributed by atoms with van der Waals surface area (Å²) in [7, 11) is 1.71. The van der Waals surface area contributed by atoms with E-state index in [0.717, 1.165) is 19.3 Å². The first-order valence-corrected chi connectivity index (χ1v) is 7.26. The predicted octanol–water partition coefficient (Wildman–Crippen LogP) is 1.93. The highest BCUT2D eigenvalue weighted by molar-refractivity contribution is 5.95. The molecule has 1 aromatic carbocycles. The van der Waals surface area contributed by atoms with Crippen LogP contribution in [-0.2, 0) is 4.79 Å². The second-order valence-corrected chi connectivity index (χ2v) is 6.11. The third-order valence-electron chi connectivity index (χ3n) is 5.04. The molecule has 2 saturated carbocycles. The van der Waals surface area contributed by atoms with E-state index in [1.807, 2.05) is 0 Å². The van der Waals surface area contributed by atoms with Crippen molar-refractivity contribution in [2.24, 2.45) is 23.5 Å². The molecule has 21 heavy (non-hydrogen) atoms. The maximum absolute atomic E-state index is 12.7. The molecule has 2 aliphatic carbocycles. The summed E-state index contributed by atoms with van der Waals surface area (Å²) in [5.74, 6) is 0.805. The summed E-state index contributed by atoms with van der Waals surface area (Å²) in [6.45, 7) is 0. The summed E-state index contributed by atoms with van der Waals surface area (Å²) in [5.41, 5.74) is 6.90. The number of rotatable bonds is 3. The highest BCUT2D eigenvalue weighted by Gasteiger charge is 2.49. The molecule has 0 aromatic heterocycles. The Balaban J connectivity index is 1.77. The zero-order valence-electron chi connectivity index (χ0n) is 11.9. The van der Waals surface area contributed by atoms with Gasteiger partial charge in [0.2, 0.25) is 5.91 Å². The molecule has 2 bridgehead atoms. The number of hydrogen-bond acceptors (Lipinski definition) is 4. The van der Waals surface area contributed by atoms with Crippen molar-refractivity contribution in [2.75, 3.05) is 11.9 Å². The molecular weight excluding hydrogens is 270 g/mol. The molecular formula is C15H19N3O3. The zero-order chi connectivity index (χ0) is 15.1. The first kappa shape index (κ1) is 14.0. The largest absolute Gasteiger partial charge is 0.327 e. The zero-order valence-corrected chi connectivity index (χ0v) is 11.9. The molecule has 0 heterocycles. The van der Waals surface area contributed by atoms with Crippen molar-refractivity contribution >= 4 is 17.3 Å². The smallest absolute Gasteiger partial charge is 0.269 e. The molecule has 3 rings (SSSR count). The van der Waals surface area contributed by atoms with Crippen LogP contribution in [0.15, 0.2) is 24.3 Å². The number of carbonyl (C=O) groups excluding carboxylic acids is 1. The number of nitro groups is 1. The Morgan fingerprint density at radius 1 is 1.29 bits per heavy atom. The Labute approximate surface area is 123 Å². The number of anilines is 1. The van der Waals surface area contributed by atoms with E-state index in [1.54, 1.807) is 24.1 Å². The molecule has 0 spiro atoms. The minimum Gasteiger partial charge on any atom is -0.327 e. The normalized spacial score (nSPS) is 30.4. The van der Waals surface area contributed by atoms with Crippen molar-refractivity contribution < 1.29 is 9.72 Å². The Morgan fingerprint density at radius 2 is 1.90 bits per heavy atom. The van der Waals surface area contributed by atoms with Gasteiger partial charge in [-0.25, -0.2) is 0 Å². The van der Waals surface area contributed by atoms with E-state index in [2.05, 4.69) is 0 Å². The number of non-ortho nitro benzene ring substituents is 1. The summed E-state index contributed by atoms with van der Waals surface area (Å²) < 4.78 is 0. The van der Waals surface area contributed by atoms with E-state index in [4.69, 9.17) is 5.73 Å². The minimum atomic E-state index is -0.447. The molecule has 112 valence electrons. The molecule has 4 unspecified atom stereocenters. The quantitative estimate of drug-likeness (QED) is 0.680. The van der Waals surface area contributed by atoms with Crippen LogP contribution in [-0.4, -0.2) is 23.9 Å². The molecule has 4 atom stereocenters. The van der Waals surface area contributed by atoms with Crippen LogP contribution in [0.5, 0.6) is 0 Å². The van der Waals surface area contributed by atoms with E-state index in [-0.39, 0.29) is 23.6 Å². The molecule has 2 N–H and O–H groups in total. The number of benzene rings is 1. The van der Waals surface area contributed by atoms with Crippen molar-refractivity contribution in [1.29, 1.82) is 0 Å². The molecule has 1 aromatic rings. The van der Waals surface area contributed by atoms with Gasteiger partial charge in [0.05, 0.1) is 10.8 Å². The van der Waals surface area contributed by atoms with Crippen LogP contribution in [0, 0.1) is 27.9 Å². The van der Waals surface area contributed by atoms with Gasteiger partial charge in [0.15, 0.2) is 0 Å². The van der Waals surface area contributed by atoms with Crippen LogP contribution in [0.1, 0.15) is 19.3 Å². The lowest BCUT2D eigenvalue weighted by Crippen LogP contribution is -2.46. The van der Waals surface area contributed by atoms with E-state index in [0.29, 0.717) is 17.5 Å². The van der Waals surface area contributed by atoms with Gasteiger partial charge in [0.25, 0.3) is 5.69 Å². The molecule has 0 aliphatic heterocycles. The van der Waals surface area contributed by atoms with Crippen LogP contribution in [0.25, 0.3) is 0 Å². The second-order valence-electron chi connectivity index (χ2n) is 6.11. The molecule has 0 saturated heterocycles. The van der Waals surface area contributed by atoms with E-state index in [9.17, 15) is 14.9 Å². The summed E-state index contributed by atoms with van der Waals surface area (Å²) in [4.78, 5) is 24.5. The SMILES string of the molecule is CN(C(=O)C1C2CCC(C2)C1N)c1ccc([N+](=O)[O-])cc1. The summed E-state index contributed by atoms with van der Waals surface area (Å²) in [6, 6.07) is 6.00. The lowest BCUT2D eigenvalue weighted by molar-refractivity contribution is -0.384. The fraction of sp³-hybridized carbons (Fsp3) is 0.533. The van der Waals surface area contributed by atoms with Gasteiger partial charge in [0, 0.05) is 30.9 Å². The highest BCUT2D eigenvalue weighted by atomic mass is 16.6. The van der Waals surface area contributed by atoms with Crippen LogP contribution >= 0.6 is 0 Å². The maximum Gasteiger partial charge on any atom is 0.269 e. The number of nitro benzene ring substituents is 1. The number of hydrogen-bond donors (Lipinski definition) is 1. The number of amides is 1. The fourth-order valence-electron chi connectivity index (χ4n) is 3.85. The first-order valence-electron chi connectivity index (χ1n) is 7.26. The summed E-state index contributed by atoms with van der Waals surface area (Å²) >= 11 is 0. The van der Waals surface area contributed by atoms with Crippen molar-refractivity contribution in [3.63, 3.8) is 0 Å². The Kier molecular flexibility index (Phi) is 3.41. The molecule has 6 heteroatoms. The summed E-state index contributed by atoms with van der Waals surface area (Å²) in [6.07, 6.45) is 3.28. The lowest BCUT2D eigenvalue weighted by atomic mass is 9.84. The van der Waals surface area contributed by atoms with Gasteiger partial charge in [-0.2, -0.15) is 0 Å². The van der Waals surface area contributed by atoms with Crippen molar-refractivity contribution in [3.8, 4) is 0 Å². The van der Waals surface area contributed by atoms with Gasteiger partial charge in [-0.15, -0.1) is 0 Å². The highest BCUT2D eigenvalue weighted by Crippen LogP contribution is 2.48. The van der Waals surface area contributed by atoms with Gasteiger partial charge in [0.1, 0.15) is 0 Å². The molecule has 1 amide bonds. The number of fused-ring (bicyclic) bond motifs is 2. The van der Waals surface area contributed by atoms with Crippen molar-refractivity contribution in [2.45, 2.75) is 25.3 Å². The molecule has 2 fully saturated rings. The Morgan fingerprint density at radius 3 is 2.43 bits per heavy atom. The standard InChI is InChI=1S/C15H19N3O3/c1-17(11-4-6-12(7-5-11)18(20)21)15(19)13-9-2-3-10(8-9)14(13)16/h4-7,9-10,13-14H,2-3,8,16H2,1H3. The van der Waals surface area contributed by atoms with Gasteiger partial charge in [-0.3, -0.25) is 14.9 Å². The van der Waals surface area contributed by atoms with Crippen LogP contribution in [0.3, 0.4) is 0 Å². The van der Waals surface area contributed by atoms with Crippen LogP contribution in [0.4, 0.5) is 11.4 Å². The van der Waals surface area contributed by atoms with Gasteiger partial charge >= 0.3 is 0 Å².